The second-order valence-electron chi connectivity index (χ2n) is 6.61. The van der Waals surface area contributed by atoms with Gasteiger partial charge in [0, 0.05) is 17.5 Å². The molecule has 0 unspecified atom stereocenters. The van der Waals surface area contributed by atoms with Crippen LogP contribution in [-0.4, -0.2) is 5.11 Å². The molecule has 0 atom stereocenters. The molecule has 1 aliphatic heterocycles. The molecule has 0 bridgehead atoms. The van der Waals surface area contributed by atoms with Crippen molar-refractivity contribution < 1.29 is 14.2 Å². The Kier molecular flexibility index (Phi) is 4.20. The van der Waals surface area contributed by atoms with Crippen LogP contribution in [0.25, 0.3) is 11.1 Å². The van der Waals surface area contributed by atoms with Gasteiger partial charge in [0.25, 0.3) is 0 Å². The van der Waals surface area contributed by atoms with E-state index >= 15 is 0 Å². The van der Waals surface area contributed by atoms with Crippen LogP contribution in [0, 0.1) is 28.5 Å². The first kappa shape index (κ1) is 17.0. The van der Waals surface area contributed by atoms with E-state index in [-0.39, 0.29) is 18.8 Å². The minimum atomic E-state index is -1.19. The first-order chi connectivity index (χ1) is 11.8. The van der Waals surface area contributed by atoms with Crippen molar-refractivity contribution in [1.29, 1.82) is 10.5 Å². The third-order valence-electron chi connectivity index (χ3n) is 4.35. The molecule has 126 valence electrons. The summed E-state index contributed by atoms with van der Waals surface area (Å²) in [5, 5.41) is 28.4. The summed E-state index contributed by atoms with van der Waals surface area (Å²) in [7, 11) is 0. The van der Waals surface area contributed by atoms with E-state index < -0.39 is 5.60 Å². The average Bonchev–Trinajstić information content (AvgIpc) is 2.58. The standard InChI is InChI=1S/C20H17FN2O2/c1-20(2,24)17-8-15-14(6-13(17)10-23)11-25-19-7-12(4-3-5-22)18(21)9-16(15)19/h6-9,24H,3-4,11H2,1-2H3. The molecule has 3 rings (SSSR count). The summed E-state index contributed by atoms with van der Waals surface area (Å²) in [4.78, 5) is 0. The highest BCUT2D eigenvalue weighted by molar-refractivity contribution is 5.77. The predicted molar refractivity (Wildman–Crippen MR) is 90.1 cm³/mol. The number of hydrogen-bond acceptors (Lipinski definition) is 4. The monoisotopic (exact) mass is 336 g/mol. The Morgan fingerprint density at radius 2 is 1.96 bits per heavy atom. The summed E-state index contributed by atoms with van der Waals surface area (Å²) in [6, 6.07) is 10.6. The fraction of sp³-hybridized carbons (Fsp3) is 0.300. The normalized spacial score (nSPS) is 12.4. The number of aliphatic hydroxyl groups is 1. The molecule has 0 amide bonds. The zero-order valence-electron chi connectivity index (χ0n) is 14.1. The predicted octanol–water partition coefficient (Wildman–Crippen LogP) is 3.94. The van der Waals surface area contributed by atoms with Gasteiger partial charge in [-0.05, 0) is 61.2 Å². The number of ether oxygens (including phenoxy) is 1. The Morgan fingerprint density at radius 3 is 2.60 bits per heavy atom. The molecule has 0 saturated carbocycles. The van der Waals surface area contributed by atoms with E-state index in [1.54, 1.807) is 32.0 Å². The van der Waals surface area contributed by atoms with Gasteiger partial charge < -0.3 is 9.84 Å². The molecule has 0 aliphatic carbocycles. The molecule has 0 radical (unpaired) electrons. The third kappa shape index (κ3) is 3.07. The van der Waals surface area contributed by atoms with Crippen molar-refractivity contribution in [2.45, 2.75) is 38.9 Å². The van der Waals surface area contributed by atoms with Crippen LogP contribution in [0.1, 0.15) is 42.5 Å². The van der Waals surface area contributed by atoms with Crippen LogP contribution < -0.4 is 4.74 Å². The summed E-state index contributed by atoms with van der Waals surface area (Å²) in [5.41, 5.74) is 2.25. The molecule has 0 fully saturated rings. The molecule has 1 N–H and O–H groups in total. The van der Waals surface area contributed by atoms with Crippen molar-refractivity contribution >= 4 is 0 Å². The fourth-order valence-corrected chi connectivity index (χ4v) is 3.08. The van der Waals surface area contributed by atoms with Crippen molar-refractivity contribution in [2.75, 3.05) is 0 Å². The zero-order chi connectivity index (χ0) is 18.2. The molecule has 1 aliphatic rings. The maximum absolute atomic E-state index is 14.4. The number of hydrogen-bond donors (Lipinski definition) is 1. The van der Waals surface area contributed by atoms with Gasteiger partial charge in [0.2, 0.25) is 0 Å². The Morgan fingerprint density at radius 1 is 1.20 bits per heavy atom. The number of halogens is 1. The van der Waals surface area contributed by atoms with Gasteiger partial charge >= 0.3 is 0 Å². The second-order valence-corrected chi connectivity index (χ2v) is 6.61. The van der Waals surface area contributed by atoms with Gasteiger partial charge in [0.15, 0.2) is 0 Å². The minimum Gasteiger partial charge on any atom is -0.488 e. The Bertz CT molecular complexity index is 931. The van der Waals surface area contributed by atoms with E-state index in [1.165, 1.54) is 6.07 Å². The largest absolute Gasteiger partial charge is 0.488 e. The highest BCUT2D eigenvalue weighted by Crippen LogP contribution is 2.41. The molecular weight excluding hydrogens is 319 g/mol. The van der Waals surface area contributed by atoms with E-state index in [2.05, 4.69) is 6.07 Å². The van der Waals surface area contributed by atoms with Gasteiger partial charge in [-0.15, -0.1) is 0 Å². The highest BCUT2D eigenvalue weighted by atomic mass is 19.1. The Labute approximate surface area is 145 Å². The molecule has 0 aromatic heterocycles. The van der Waals surface area contributed by atoms with E-state index in [1.807, 2.05) is 6.07 Å². The lowest BCUT2D eigenvalue weighted by molar-refractivity contribution is 0.0783. The Balaban J connectivity index is 2.17. The van der Waals surface area contributed by atoms with Crippen molar-refractivity contribution in [3.63, 3.8) is 0 Å². The lowest BCUT2D eigenvalue weighted by Gasteiger charge is -2.26. The molecule has 25 heavy (non-hydrogen) atoms. The van der Waals surface area contributed by atoms with Crippen molar-refractivity contribution in [3.8, 4) is 29.0 Å². The Hall–Kier alpha value is -2.89. The highest BCUT2D eigenvalue weighted by Gasteiger charge is 2.26. The van der Waals surface area contributed by atoms with E-state index in [0.717, 1.165) is 11.1 Å². The van der Waals surface area contributed by atoms with Gasteiger partial charge in [0.1, 0.15) is 18.2 Å². The quantitative estimate of drug-likeness (QED) is 0.921. The molecule has 0 spiro atoms. The number of fused-ring (bicyclic) bond motifs is 3. The number of rotatable bonds is 3. The molecular formula is C20H17FN2O2. The van der Waals surface area contributed by atoms with E-state index in [0.29, 0.717) is 34.4 Å². The van der Waals surface area contributed by atoms with Gasteiger partial charge in [-0.1, -0.05) is 0 Å². The first-order valence-corrected chi connectivity index (χ1v) is 7.97. The SMILES string of the molecule is CC(C)(O)c1cc2c(cc1C#N)COc1cc(CCC#N)c(F)cc1-2. The van der Waals surface area contributed by atoms with Crippen LogP contribution in [0.3, 0.4) is 0 Å². The lowest BCUT2D eigenvalue weighted by Crippen LogP contribution is -2.19. The van der Waals surface area contributed by atoms with Gasteiger partial charge in [-0.2, -0.15) is 10.5 Å². The van der Waals surface area contributed by atoms with E-state index in [4.69, 9.17) is 10.00 Å². The summed E-state index contributed by atoms with van der Waals surface area (Å²) in [6.45, 7) is 3.50. The summed E-state index contributed by atoms with van der Waals surface area (Å²) < 4.78 is 20.1. The van der Waals surface area contributed by atoms with Crippen LogP contribution in [0.15, 0.2) is 24.3 Å². The fourth-order valence-electron chi connectivity index (χ4n) is 3.08. The summed E-state index contributed by atoms with van der Waals surface area (Å²) in [5.74, 6) is 0.160. The summed E-state index contributed by atoms with van der Waals surface area (Å²) in [6.07, 6.45) is 0.564. The number of nitrogens with zero attached hydrogens (tertiary/aromatic N) is 2. The number of nitriles is 2. The van der Waals surface area contributed by atoms with Crippen LogP contribution in [0.2, 0.25) is 0 Å². The minimum absolute atomic E-state index is 0.237. The number of aryl methyl sites for hydroxylation is 1. The maximum Gasteiger partial charge on any atom is 0.128 e. The topological polar surface area (TPSA) is 77.0 Å². The number of benzene rings is 2. The first-order valence-electron chi connectivity index (χ1n) is 7.97. The van der Waals surface area contributed by atoms with Crippen molar-refractivity contribution in [1.82, 2.24) is 0 Å². The van der Waals surface area contributed by atoms with Crippen LogP contribution in [-0.2, 0) is 18.6 Å². The molecule has 4 nitrogen and oxygen atoms in total. The molecule has 0 saturated heterocycles. The molecule has 2 aromatic rings. The maximum atomic E-state index is 14.4. The summed E-state index contributed by atoms with van der Waals surface area (Å²) >= 11 is 0. The van der Waals surface area contributed by atoms with Crippen LogP contribution in [0.5, 0.6) is 5.75 Å². The lowest BCUT2D eigenvalue weighted by atomic mass is 9.86. The molecule has 5 heteroatoms. The van der Waals surface area contributed by atoms with Crippen LogP contribution in [0.4, 0.5) is 4.39 Å². The zero-order valence-corrected chi connectivity index (χ0v) is 14.1. The van der Waals surface area contributed by atoms with Gasteiger partial charge in [0.05, 0.1) is 23.3 Å². The molecule has 1 heterocycles. The van der Waals surface area contributed by atoms with Crippen LogP contribution >= 0.6 is 0 Å². The smallest absolute Gasteiger partial charge is 0.128 e. The third-order valence-corrected chi connectivity index (χ3v) is 4.35. The van der Waals surface area contributed by atoms with E-state index in [9.17, 15) is 14.8 Å². The van der Waals surface area contributed by atoms with Crippen molar-refractivity contribution in [3.05, 3.63) is 52.3 Å². The van der Waals surface area contributed by atoms with Crippen molar-refractivity contribution in [2.24, 2.45) is 0 Å². The average molecular weight is 336 g/mol. The van der Waals surface area contributed by atoms with Gasteiger partial charge in [-0.3, -0.25) is 0 Å². The second kappa shape index (κ2) is 6.20. The van der Waals surface area contributed by atoms with Gasteiger partial charge in [-0.25, -0.2) is 4.39 Å². The molecule has 2 aromatic carbocycles.